The van der Waals surface area contributed by atoms with E-state index in [1.54, 1.807) is 0 Å². The van der Waals surface area contributed by atoms with Gasteiger partial charge in [0.15, 0.2) is 0 Å². The highest BCUT2D eigenvalue weighted by atomic mass is 28.4. The average molecular weight is 306 g/mol. The van der Waals surface area contributed by atoms with Gasteiger partial charge < -0.3 is 22.8 Å². The molecular formula is C14H30O5Si. The van der Waals surface area contributed by atoms with Crippen LogP contribution in [0.5, 0.6) is 0 Å². The molecular weight excluding hydrogens is 276 g/mol. The standard InChI is InChI=1S/C14H30O5Si/c1-5-13(15-11-14-12-16-14)9-10-20(17-6-2,18-7-3)19-8-4/h13-14H,5-12H2,1-4H3. The van der Waals surface area contributed by atoms with Gasteiger partial charge in [0.05, 0.1) is 19.3 Å². The van der Waals surface area contributed by atoms with Crippen molar-refractivity contribution in [1.82, 2.24) is 0 Å². The van der Waals surface area contributed by atoms with Crippen LogP contribution >= 0.6 is 0 Å². The van der Waals surface area contributed by atoms with Crippen molar-refractivity contribution in [2.24, 2.45) is 0 Å². The minimum atomic E-state index is -2.53. The van der Waals surface area contributed by atoms with Gasteiger partial charge in [-0.15, -0.1) is 0 Å². The molecule has 0 aromatic heterocycles. The summed E-state index contributed by atoms with van der Waals surface area (Å²) in [5, 5.41) is 0. The van der Waals surface area contributed by atoms with Crippen LogP contribution in [0.2, 0.25) is 6.04 Å². The van der Waals surface area contributed by atoms with Crippen molar-refractivity contribution in [2.75, 3.05) is 33.0 Å². The minimum Gasteiger partial charge on any atom is -0.375 e. The van der Waals surface area contributed by atoms with E-state index in [4.69, 9.17) is 22.8 Å². The van der Waals surface area contributed by atoms with Crippen LogP contribution in [0.1, 0.15) is 40.5 Å². The van der Waals surface area contributed by atoms with Crippen molar-refractivity contribution in [3.8, 4) is 0 Å². The van der Waals surface area contributed by atoms with Crippen molar-refractivity contribution in [2.45, 2.75) is 58.8 Å². The van der Waals surface area contributed by atoms with Crippen LogP contribution in [0.15, 0.2) is 0 Å². The number of epoxide rings is 1. The molecule has 0 radical (unpaired) electrons. The van der Waals surface area contributed by atoms with E-state index in [9.17, 15) is 0 Å². The molecule has 5 nitrogen and oxygen atoms in total. The first-order chi connectivity index (χ1) is 9.69. The van der Waals surface area contributed by atoms with E-state index in [1.807, 2.05) is 20.8 Å². The summed E-state index contributed by atoms with van der Waals surface area (Å²) in [4.78, 5) is 0. The van der Waals surface area contributed by atoms with Gasteiger partial charge in [-0.3, -0.25) is 0 Å². The van der Waals surface area contributed by atoms with Crippen molar-refractivity contribution in [3.63, 3.8) is 0 Å². The maximum atomic E-state index is 5.88. The van der Waals surface area contributed by atoms with Gasteiger partial charge in [-0.25, -0.2) is 0 Å². The lowest BCUT2D eigenvalue weighted by molar-refractivity contribution is 0.0278. The van der Waals surface area contributed by atoms with E-state index in [0.29, 0.717) is 32.5 Å². The zero-order valence-corrected chi connectivity index (χ0v) is 14.4. The summed E-state index contributed by atoms with van der Waals surface area (Å²) in [5.41, 5.74) is 0. The van der Waals surface area contributed by atoms with Crippen LogP contribution in [0.4, 0.5) is 0 Å². The maximum Gasteiger partial charge on any atom is 0.501 e. The zero-order chi connectivity index (χ0) is 14.8. The Morgan fingerprint density at radius 2 is 1.60 bits per heavy atom. The Morgan fingerprint density at radius 1 is 1.05 bits per heavy atom. The van der Waals surface area contributed by atoms with Crippen LogP contribution < -0.4 is 0 Å². The van der Waals surface area contributed by atoms with E-state index in [2.05, 4.69) is 6.92 Å². The third-order valence-electron chi connectivity index (χ3n) is 3.24. The molecule has 1 saturated heterocycles. The SMILES string of the molecule is CCO[Si](CCC(CC)OCC1CO1)(OCC)OCC. The van der Waals surface area contributed by atoms with Gasteiger partial charge in [0, 0.05) is 25.9 Å². The van der Waals surface area contributed by atoms with Gasteiger partial charge in [0.25, 0.3) is 0 Å². The average Bonchev–Trinajstić information content (AvgIpc) is 3.24. The van der Waals surface area contributed by atoms with E-state index in [1.165, 1.54) is 0 Å². The van der Waals surface area contributed by atoms with Gasteiger partial charge in [-0.2, -0.15) is 0 Å². The normalized spacial score (nSPS) is 20.1. The van der Waals surface area contributed by atoms with Crippen molar-refractivity contribution in [3.05, 3.63) is 0 Å². The molecule has 20 heavy (non-hydrogen) atoms. The lowest BCUT2D eigenvalue weighted by Crippen LogP contribution is -2.46. The van der Waals surface area contributed by atoms with Crippen molar-refractivity contribution in [1.29, 1.82) is 0 Å². The number of hydrogen-bond donors (Lipinski definition) is 0. The molecule has 1 aliphatic rings. The van der Waals surface area contributed by atoms with Gasteiger partial charge >= 0.3 is 8.80 Å². The fourth-order valence-corrected chi connectivity index (χ4v) is 4.83. The molecule has 0 spiro atoms. The lowest BCUT2D eigenvalue weighted by atomic mass is 10.2. The van der Waals surface area contributed by atoms with Crippen LogP contribution in [0, 0.1) is 0 Å². The van der Waals surface area contributed by atoms with Crippen LogP contribution in [-0.2, 0) is 22.8 Å². The highest BCUT2D eigenvalue weighted by Crippen LogP contribution is 2.22. The quantitative estimate of drug-likeness (QED) is 0.387. The molecule has 120 valence electrons. The summed E-state index contributed by atoms with van der Waals surface area (Å²) in [7, 11) is -2.53. The number of ether oxygens (including phenoxy) is 2. The van der Waals surface area contributed by atoms with Crippen LogP contribution in [0.25, 0.3) is 0 Å². The monoisotopic (exact) mass is 306 g/mol. The largest absolute Gasteiger partial charge is 0.501 e. The predicted octanol–water partition coefficient (Wildman–Crippen LogP) is 2.62. The van der Waals surface area contributed by atoms with E-state index < -0.39 is 8.80 Å². The zero-order valence-electron chi connectivity index (χ0n) is 13.4. The first-order valence-electron chi connectivity index (χ1n) is 7.84. The minimum absolute atomic E-state index is 0.229. The Balaban J connectivity index is 2.43. The molecule has 0 bridgehead atoms. The van der Waals surface area contributed by atoms with E-state index in [-0.39, 0.29) is 6.10 Å². The van der Waals surface area contributed by atoms with E-state index in [0.717, 1.165) is 25.5 Å². The molecule has 0 N–H and O–H groups in total. The highest BCUT2D eigenvalue weighted by Gasteiger charge is 2.40. The highest BCUT2D eigenvalue weighted by molar-refractivity contribution is 6.60. The second-order valence-electron chi connectivity index (χ2n) is 4.84. The first kappa shape index (κ1) is 18.1. The van der Waals surface area contributed by atoms with E-state index >= 15 is 0 Å². The fraction of sp³-hybridized carbons (Fsp3) is 1.00. The van der Waals surface area contributed by atoms with Gasteiger partial charge in [0.1, 0.15) is 6.10 Å². The maximum absolute atomic E-state index is 5.88. The second-order valence-corrected chi connectivity index (χ2v) is 7.57. The second kappa shape index (κ2) is 9.86. The molecule has 0 amide bonds. The number of hydrogen-bond acceptors (Lipinski definition) is 5. The molecule has 6 heteroatoms. The molecule has 1 fully saturated rings. The Hall–Kier alpha value is 0.0169. The summed E-state index contributed by atoms with van der Waals surface area (Å²) in [6.45, 7) is 11.5. The molecule has 0 aromatic rings. The molecule has 1 rings (SSSR count). The molecule has 0 aliphatic carbocycles. The Morgan fingerprint density at radius 3 is 2.00 bits per heavy atom. The summed E-state index contributed by atoms with van der Waals surface area (Å²) < 4.78 is 28.6. The summed E-state index contributed by atoms with van der Waals surface area (Å²) >= 11 is 0. The smallest absolute Gasteiger partial charge is 0.375 e. The molecule has 0 aromatic carbocycles. The van der Waals surface area contributed by atoms with Crippen LogP contribution in [0.3, 0.4) is 0 Å². The van der Waals surface area contributed by atoms with Crippen molar-refractivity contribution >= 4 is 8.80 Å². The Bertz CT molecular complexity index is 231. The Labute approximate surface area is 124 Å². The predicted molar refractivity (Wildman–Crippen MR) is 79.8 cm³/mol. The molecule has 2 unspecified atom stereocenters. The summed E-state index contributed by atoms with van der Waals surface area (Å²) in [6, 6.07) is 0.812. The molecule has 1 heterocycles. The Kier molecular flexibility index (Phi) is 8.91. The molecule has 1 aliphatic heterocycles. The fourth-order valence-electron chi connectivity index (χ4n) is 2.15. The molecule has 2 atom stereocenters. The van der Waals surface area contributed by atoms with Gasteiger partial charge in [-0.05, 0) is 33.6 Å². The number of rotatable bonds is 13. The summed E-state index contributed by atoms with van der Waals surface area (Å²) in [6.07, 6.45) is 2.45. The van der Waals surface area contributed by atoms with Crippen molar-refractivity contribution < 1.29 is 22.8 Å². The third-order valence-corrected chi connectivity index (χ3v) is 6.33. The van der Waals surface area contributed by atoms with Crippen LogP contribution in [-0.4, -0.2) is 54.0 Å². The lowest BCUT2D eigenvalue weighted by Gasteiger charge is -2.29. The first-order valence-corrected chi connectivity index (χ1v) is 9.77. The summed E-state index contributed by atoms with van der Waals surface area (Å²) in [5.74, 6) is 0. The molecule has 0 saturated carbocycles. The van der Waals surface area contributed by atoms with Gasteiger partial charge in [0.2, 0.25) is 0 Å². The van der Waals surface area contributed by atoms with Gasteiger partial charge in [-0.1, -0.05) is 6.92 Å². The topological polar surface area (TPSA) is 49.5 Å². The third kappa shape index (κ3) is 6.65.